The smallest absolute Gasteiger partial charge is 0.348 e. The number of hydrogen-bond acceptors (Lipinski definition) is 1. The van der Waals surface area contributed by atoms with Crippen molar-refractivity contribution < 1.29 is 13.2 Å². The van der Waals surface area contributed by atoms with Crippen molar-refractivity contribution in [1.29, 1.82) is 0 Å². The number of aryl methyl sites for hydroxylation is 1. The van der Waals surface area contributed by atoms with Gasteiger partial charge in [0.15, 0.2) is 0 Å². The SMILES string of the molecule is Cc1ccc(-c2ccc(C(F)(F)F)nc2)n1C. The summed E-state index contributed by atoms with van der Waals surface area (Å²) in [5.74, 6) is 0. The van der Waals surface area contributed by atoms with Gasteiger partial charge in [0, 0.05) is 30.2 Å². The normalized spacial score (nSPS) is 11.8. The Morgan fingerprint density at radius 3 is 2.24 bits per heavy atom. The predicted molar refractivity (Wildman–Crippen MR) is 58.4 cm³/mol. The highest BCUT2D eigenvalue weighted by molar-refractivity contribution is 5.59. The summed E-state index contributed by atoms with van der Waals surface area (Å²) in [6, 6.07) is 6.20. The van der Waals surface area contributed by atoms with Gasteiger partial charge in [-0.05, 0) is 31.2 Å². The van der Waals surface area contributed by atoms with Gasteiger partial charge in [0.1, 0.15) is 5.69 Å². The number of nitrogens with zero attached hydrogens (tertiary/aromatic N) is 2. The topological polar surface area (TPSA) is 17.8 Å². The lowest BCUT2D eigenvalue weighted by atomic mass is 10.2. The van der Waals surface area contributed by atoms with E-state index in [1.54, 1.807) is 0 Å². The van der Waals surface area contributed by atoms with E-state index in [1.165, 1.54) is 12.3 Å². The van der Waals surface area contributed by atoms with Crippen LogP contribution in [-0.4, -0.2) is 9.55 Å². The highest BCUT2D eigenvalue weighted by Crippen LogP contribution is 2.29. The van der Waals surface area contributed by atoms with Crippen molar-refractivity contribution >= 4 is 0 Å². The minimum absolute atomic E-state index is 0.675. The maximum Gasteiger partial charge on any atom is 0.433 e. The van der Waals surface area contributed by atoms with Crippen molar-refractivity contribution in [2.24, 2.45) is 7.05 Å². The van der Waals surface area contributed by atoms with Crippen LogP contribution in [0.2, 0.25) is 0 Å². The van der Waals surface area contributed by atoms with Gasteiger partial charge in [-0.1, -0.05) is 0 Å². The van der Waals surface area contributed by atoms with Crippen LogP contribution in [0.3, 0.4) is 0 Å². The van der Waals surface area contributed by atoms with Crippen molar-refractivity contribution in [1.82, 2.24) is 9.55 Å². The minimum atomic E-state index is -4.39. The minimum Gasteiger partial charge on any atom is -0.348 e. The Balaban J connectivity index is 2.40. The number of pyridine rings is 1. The number of halogens is 3. The molecule has 0 saturated carbocycles. The van der Waals surface area contributed by atoms with Gasteiger partial charge in [0.05, 0.1) is 0 Å². The summed E-state index contributed by atoms with van der Waals surface area (Å²) in [4.78, 5) is 3.44. The molecule has 0 atom stereocenters. The zero-order chi connectivity index (χ0) is 12.6. The first-order chi connectivity index (χ1) is 7.89. The lowest BCUT2D eigenvalue weighted by molar-refractivity contribution is -0.141. The summed E-state index contributed by atoms with van der Waals surface area (Å²) in [6.45, 7) is 1.93. The molecule has 2 rings (SSSR count). The third-order valence-corrected chi connectivity index (χ3v) is 2.72. The largest absolute Gasteiger partial charge is 0.433 e. The van der Waals surface area contributed by atoms with E-state index < -0.39 is 11.9 Å². The molecule has 0 bridgehead atoms. The fourth-order valence-corrected chi connectivity index (χ4v) is 1.62. The van der Waals surface area contributed by atoms with Gasteiger partial charge in [-0.2, -0.15) is 13.2 Å². The molecule has 0 aliphatic rings. The number of hydrogen-bond donors (Lipinski definition) is 0. The molecular weight excluding hydrogens is 229 g/mol. The molecule has 5 heteroatoms. The van der Waals surface area contributed by atoms with Gasteiger partial charge in [0.25, 0.3) is 0 Å². The Labute approximate surface area is 96.7 Å². The molecule has 0 spiro atoms. The van der Waals surface area contributed by atoms with E-state index >= 15 is 0 Å². The molecule has 0 radical (unpaired) electrons. The third kappa shape index (κ3) is 2.18. The standard InChI is InChI=1S/C12H11F3N2/c1-8-3-5-10(17(8)2)9-4-6-11(16-7-9)12(13,14)15/h3-7H,1-2H3. The molecule has 0 fully saturated rings. The molecule has 2 aromatic heterocycles. The van der Waals surface area contributed by atoms with Crippen molar-refractivity contribution in [3.8, 4) is 11.3 Å². The van der Waals surface area contributed by atoms with E-state index in [2.05, 4.69) is 4.98 Å². The maximum atomic E-state index is 12.3. The lowest BCUT2D eigenvalue weighted by Crippen LogP contribution is -2.07. The van der Waals surface area contributed by atoms with Crippen LogP contribution in [0, 0.1) is 6.92 Å². The second-order valence-corrected chi connectivity index (χ2v) is 3.85. The van der Waals surface area contributed by atoms with Crippen LogP contribution in [0.1, 0.15) is 11.4 Å². The zero-order valence-electron chi connectivity index (χ0n) is 9.42. The first kappa shape index (κ1) is 11.7. The highest BCUT2D eigenvalue weighted by Gasteiger charge is 2.32. The van der Waals surface area contributed by atoms with Crippen molar-refractivity contribution in [3.63, 3.8) is 0 Å². The van der Waals surface area contributed by atoms with Crippen LogP contribution in [0.5, 0.6) is 0 Å². The average molecular weight is 240 g/mol. The predicted octanol–water partition coefficient (Wildman–Crippen LogP) is 3.41. The van der Waals surface area contributed by atoms with E-state index in [0.29, 0.717) is 5.56 Å². The third-order valence-electron chi connectivity index (χ3n) is 2.72. The monoisotopic (exact) mass is 240 g/mol. The Bertz CT molecular complexity index is 524. The summed E-state index contributed by atoms with van der Waals surface area (Å²) in [5.41, 5.74) is 1.70. The summed E-state index contributed by atoms with van der Waals surface area (Å²) in [7, 11) is 1.86. The number of aromatic nitrogens is 2. The molecule has 0 aliphatic heterocycles. The number of alkyl halides is 3. The van der Waals surface area contributed by atoms with Crippen LogP contribution in [0.25, 0.3) is 11.3 Å². The molecule has 90 valence electrons. The first-order valence-corrected chi connectivity index (χ1v) is 5.05. The number of rotatable bonds is 1. The van der Waals surface area contributed by atoms with Crippen molar-refractivity contribution in [2.75, 3.05) is 0 Å². The van der Waals surface area contributed by atoms with Crippen LogP contribution >= 0.6 is 0 Å². The lowest BCUT2D eigenvalue weighted by Gasteiger charge is -2.08. The first-order valence-electron chi connectivity index (χ1n) is 5.05. The van der Waals surface area contributed by atoms with Gasteiger partial charge >= 0.3 is 6.18 Å². The second kappa shape index (κ2) is 3.91. The molecule has 2 heterocycles. The fraction of sp³-hybridized carbons (Fsp3) is 0.250. The summed E-state index contributed by atoms with van der Waals surface area (Å²) >= 11 is 0. The van der Waals surface area contributed by atoms with Crippen LogP contribution in [-0.2, 0) is 13.2 Å². The molecule has 0 amide bonds. The van der Waals surface area contributed by atoms with E-state index in [-0.39, 0.29) is 0 Å². The highest BCUT2D eigenvalue weighted by atomic mass is 19.4. The summed E-state index contributed by atoms with van der Waals surface area (Å²) in [6.07, 6.45) is -3.14. The van der Waals surface area contributed by atoms with E-state index in [1.807, 2.05) is 30.7 Å². The Morgan fingerprint density at radius 2 is 1.82 bits per heavy atom. The van der Waals surface area contributed by atoms with Crippen molar-refractivity contribution in [2.45, 2.75) is 13.1 Å². The van der Waals surface area contributed by atoms with Crippen LogP contribution in [0.15, 0.2) is 30.5 Å². The Morgan fingerprint density at radius 1 is 1.12 bits per heavy atom. The van der Waals surface area contributed by atoms with Gasteiger partial charge in [0.2, 0.25) is 0 Å². The average Bonchev–Trinajstić information content (AvgIpc) is 2.59. The van der Waals surface area contributed by atoms with E-state index in [4.69, 9.17) is 0 Å². The Hall–Kier alpha value is -1.78. The van der Waals surface area contributed by atoms with Gasteiger partial charge < -0.3 is 4.57 Å². The van der Waals surface area contributed by atoms with E-state index in [0.717, 1.165) is 17.5 Å². The van der Waals surface area contributed by atoms with E-state index in [9.17, 15) is 13.2 Å². The van der Waals surface area contributed by atoms with Gasteiger partial charge in [-0.15, -0.1) is 0 Å². The van der Waals surface area contributed by atoms with Gasteiger partial charge in [-0.3, -0.25) is 4.98 Å². The van der Waals surface area contributed by atoms with Gasteiger partial charge in [-0.25, -0.2) is 0 Å². The molecule has 2 nitrogen and oxygen atoms in total. The molecule has 0 aromatic carbocycles. The molecule has 0 saturated heterocycles. The molecule has 2 aromatic rings. The van der Waals surface area contributed by atoms with Crippen LogP contribution in [0.4, 0.5) is 13.2 Å². The quantitative estimate of drug-likeness (QED) is 0.746. The molecule has 0 N–H and O–H groups in total. The Kier molecular flexibility index (Phi) is 2.69. The maximum absolute atomic E-state index is 12.3. The fourth-order valence-electron chi connectivity index (χ4n) is 1.62. The zero-order valence-corrected chi connectivity index (χ0v) is 9.42. The molecule has 0 aliphatic carbocycles. The van der Waals surface area contributed by atoms with Crippen molar-refractivity contribution in [3.05, 3.63) is 41.9 Å². The molecule has 17 heavy (non-hydrogen) atoms. The molecular formula is C12H11F3N2. The van der Waals surface area contributed by atoms with Crippen LogP contribution < -0.4 is 0 Å². The molecule has 0 unspecified atom stereocenters. The summed E-state index contributed by atoms with van der Waals surface area (Å²) in [5, 5.41) is 0. The second-order valence-electron chi connectivity index (χ2n) is 3.85. The summed E-state index contributed by atoms with van der Waals surface area (Å²) < 4.78 is 38.9.